The summed E-state index contributed by atoms with van der Waals surface area (Å²) in [7, 11) is 0. The maximum absolute atomic E-state index is 13.3. The number of amides is 2. The molecule has 0 aromatic heterocycles. The standard InChI is InChI=1S/C23H28BrN3O2/c24-15-3-1-14(2-4-15)13-26-21(28)19-17-5-6-18(23(17)9-10-23)20(19)22(29)27-16-7-11-25-12-8-16/h1-6,16-20,25H,7-13H2,(H,26,28)(H,27,29)/t17-,18-,19-,20-/m1/s1. The quantitative estimate of drug-likeness (QED) is 0.595. The summed E-state index contributed by atoms with van der Waals surface area (Å²) in [4.78, 5) is 26.5. The first-order valence-electron chi connectivity index (χ1n) is 10.8. The van der Waals surface area contributed by atoms with E-state index in [1.54, 1.807) is 0 Å². The van der Waals surface area contributed by atoms with Crippen LogP contribution in [-0.4, -0.2) is 30.9 Å². The zero-order valence-electron chi connectivity index (χ0n) is 16.5. The van der Waals surface area contributed by atoms with E-state index < -0.39 is 0 Å². The Bertz CT molecular complexity index is 827. The van der Waals surface area contributed by atoms with E-state index in [0.29, 0.717) is 6.54 Å². The lowest BCUT2D eigenvalue weighted by molar-refractivity contribution is -0.136. The number of halogens is 1. The number of rotatable bonds is 5. The second-order valence-corrected chi connectivity index (χ2v) is 10.0. The first-order chi connectivity index (χ1) is 14.1. The molecule has 2 bridgehead atoms. The Balaban J connectivity index is 1.31. The van der Waals surface area contributed by atoms with Crippen LogP contribution in [0.5, 0.6) is 0 Å². The Labute approximate surface area is 180 Å². The van der Waals surface area contributed by atoms with Crippen LogP contribution in [0.2, 0.25) is 0 Å². The summed E-state index contributed by atoms with van der Waals surface area (Å²) < 4.78 is 1.02. The first-order valence-corrected chi connectivity index (χ1v) is 11.6. The fourth-order valence-electron chi connectivity index (χ4n) is 5.88. The fourth-order valence-corrected chi connectivity index (χ4v) is 6.15. The second kappa shape index (κ2) is 7.55. The molecule has 4 atom stereocenters. The summed E-state index contributed by atoms with van der Waals surface area (Å²) in [6.45, 7) is 2.39. The van der Waals surface area contributed by atoms with Gasteiger partial charge in [0, 0.05) is 17.1 Å². The van der Waals surface area contributed by atoms with Gasteiger partial charge in [-0.15, -0.1) is 0 Å². The van der Waals surface area contributed by atoms with Crippen LogP contribution in [0, 0.1) is 29.1 Å². The number of nitrogens with one attached hydrogen (secondary N) is 3. The van der Waals surface area contributed by atoms with E-state index in [1.165, 1.54) is 0 Å². The van der Waals surface area contributed by atoms with Crippen LogP contribution in [0.25, 0.3) is 0 Å². The molecule has 1 saturated heterocycles. The van der Waals surface area contributed by atoms with Gasteiger partial charge in [-0.05, 0) is 73.7 Å². The van der Waals surface area contributed by atoms with Gasteiger partial charge >= 0.3 is 0 Å². The Kier molecular flexibility index (Phi) is 5.03. The van der Waals surface area contributed by atoms with Crippen LogP contribution in [-0.2, 0) is 16.1 Å². The van der Waals surface area contributed by atoms with Crippen molar-refractivity contribution < 1.29 is 9.59 Å². The minimum Gasteiger partial charge on any atom is -0.353 e. The monoisotopic (exact) mass is 457 g/mol. The van der Waals surface area contributed by atoms with Crippen molar-refractivity contribution in [1.29, 1.82) is 0 Å². The predicted octanol–water partition coefficient (Wildman–Crippen LogP) is 2.76. The lowest BCUT2D eigenvalue weighted by Gasteiger charge is -2.30. The van der Waals surface area contributed by atoms with Gasteiger partial charge in [0.25, 0.3) is 0 Å². The molecule has 1 aliphatic heterocycles. The van der Waals surface area contributed by atoms with Gasteiger partial charge < -0.3 is 16.0 Å². The molecule has 1 heterocycles. The highest BCUT2D eigenvalue weighted by molar-refractivity contribution is 9.10. The van der Waals surface area contributed by atoms with E-state index in [-0.39, 0.29) is 46.9 Å². The Morgan fingerprint density at radius 2 is 1.62 bits per heavy atom. The van der Waals surface area contributed by atoms with Gasteiger partial charge in [0.05, 0.1) is 11.8 Å². The van der Waals surface area contributed by atoms with Crippen LogP contribution in [0.3, 0.4) is 0 Å². The number of piperidine rings is 1. The van der Waals surface area contributed by atoms with E-state index in [1.807, 2.05) is 24.3 Å². The Hall–Kier alpha value is -1.66. The summed E-state index contributed by atoms with van der Waals surface area (Å²) in [6, 6.07) is 8.21. The zero-order chi connectivity index (χ0) is 20.0. The fraction of sp³-hybridized carbons (Fsp3) is 0.565. The average molecular weight is 458 g/mol. The third-order valence-corrected chi connectivity index (χ3v) is 8.04. The molecule has 2 amide bonds. The normalized spacial score (nSPS) is 31.8. The number of hydrogen-bond acceptors (Lipinski definition) is 3. The molecule has 3 aliphatic carbocycles. The summed E-state index contributed by atoms with van der Waals surface area (Å²) in [6.07, 6.45) is 8.66. The lowest BCUT2D eigenvalue weighted by Crippen LogP contribution is -2.49. The summed E-state index contributed by atoms with van der Waals surface area (Å²) in [5.74, 6) is 0.0705. The summed E-state index contributed by atoms with van der Waals surface area (Å²) in [5.41, 5.74) is 1.24. The van der Waals surface area contributed by atoms with Crippen LogP contribution in [0.4, 0.5) is 0 Å². The Morgan fingerprint density at radius 3 is 2.24 bits per heavy atom. The topological polar surface area (TPSA) is 70.2 Å². The van der Waals surface area contributed by atoms with Crippen LogP contribution < -0.4 is 16.0 Å². The number of carbonyl (C=O) groups excluding carboxylic acids is 2. The Morgan fingerprint density at radius 1 is 1.00 bits per heavy atom. The molecule has 5 nitrogen and oxygen atoms in total. The average Bonchev–Trinajstić information content (AvgIpc) is 3.40. The minimum atomic E-state index is -0.246. The molecule has 1 spiro atoms. The van der Waals surface area contributed by atoms with Crippen molar-refractivity contribution >= 4 is 27.7 Å². The van der Waals surface area contributed by atoms with Gasteiger partial charge in [0.15, 0.2) is 0 Å². The van der Waals surface area contributed by atoms with Gasteiger partial charge in [-0.25, -0.2) is 0 Å². The number of allylic oxidation sites excluding steroid dienone is 2. The van der Waals surface area contributed by atoms with E-state index in [4.69, 9.17) is 0 Å². The molecule has 5 rings (SSSR count). The van der Waals surface area contributed by atoms with Crippen molar-refractivity contribution in [2.45, 2.75) is 38.3 Å². The first kappa shape index (κ1) is 19.3. The van der Waals surface area contributed by atoms with Crippen LogP contribution in [0.15, 0.2) is 40.9 Å². The van der Waals surface area contributed by atoms with E-state index >= 15 is 0 Å². The molecule has 4 aliphatic rings. The summed E-state index contributed by atoms with van der Waals surface area (Å²) in [5, 5.41) is 9.74. The zero-order valence-corrected chi connectivity index (χ0v) is 18.1. The van der Waals surface area contributed by atoms with Gasteiger partial charge in [0.1, 0.15) is 0 Å². The third kappa shape index (κ3) is 3.44. The van der Waals surface area contributed by atoms with Crippen LogP contribution in [0.1, 0.15) is 31.2 Å². The number of hydrogen-bond donors (Lipinski definition) is 3. The van der Waals surface area contributed by atoms with Gasteiger partial charge in [-0.3, -0.25) is 9.59 Å². The summed E-state index contributed by atoms with van der Waals surface area (Å²) >= 11 is 3.44. The second-order valence-electron chi connectivity index (χ2n) is 9.10. The highest BCUT2D eigenvalue weighted by Gasteiger charge is 2.69. The number of benzene rings is 1. The molecule has 3 N–H and O–H groups in total. The molecule has 1 aromatic carbocycles. The molecular weight excluding hydrogens is 430 g/mol. The van der Waals surface area contributed by atoms with E-state index in [0.717, 1.165) is 48.8 Å². The van der Waals surface area contributed by atoms with Crippen LogP contribution >= 0.6 is 15.9 Å². The van der Waals surface area contributed by atoms with E-state index in [9.17, 15) is 9.59 Å². The van der Waals surface area contributed by atoms with Crippen molar-refractivity contribution in [2.24, 2.45) is 29.1 Å². The van der Waals surface area contributed by atoms with Gasteiger partial charge in [-0.2, -0.15) is 0 Å². The minimum absolute atomic E-state index is 0.0292. The van der Waals surface area contributed by atoms with Crippen molar-refractivity contribution in [2.75, 3.05) is 13.1 Å². The van der Waals surface area contributed by atoms with Crippen molar-refractivity contribution in [3.63, 3.8) is 0 Å². The highest BCUT2D eigenvalue weighted by Crippen LogP contribution is 2.72. The van der Waals surface area contributed by atoms with Crippen molar-refractivity contribution in [1.82, 2.24) is 16.0 Å². The van der Waals surface area contributed by atoms with Crippen molar-refractivity contribution in [3.05, 3.63) is 46.5 Å². The van der Waals surface area contributed by atoms with Gasteiger partial charge in [-0.1, -0.05) is 40.2 Å². The maximum atomic E-state index is 13.3. The van der Waals surface area contributed by atoms with Crippen molar-refractivity contribution in [3.8, 4) is 0 Å². The lowest BCUT2D eigenvalue weighted by atomic mass is 9.81. The molecule has 29 heavy (non-hydrogen) atoms. The molecular formula is C23H28BrN3O2. The molecule has 3 fully saturated rings. The van der Waals surface area contributed by atoms with E-state index in [2.05, 4.69) is 44.0 Å². The molecule has 2 saturated carbocycles. The third-order valence-electron chi connectivity index (χ3n) is 7.51. The smallest absolute Gasteiger partial charge is 0.224 e. The predicted molar refractivity (Wildman–Crippen MR) is 115 cm³/mol. The molecule has 0 unspecified atom stereocenters. The van der Waals surface area contributed by atoms with Gasteiger partial charge in [0.2, 0.25) is 11.8 Å². The maximum Gasteiger partial charge on any atom is 0.224 e. The number of carbonyl (C=O) groups is 2. The molecule has 6 heteroatoms. The SMILES string of the molecule is O=C(NCc1ccc(Br)cc1)[C@H]1[C@H](C(=O)NC2CCNCC2)[C@H]2C=C[C@H]1C21CC1. The largest absolute Gasteiger partial charge is 0.353 e. The molecule has 0 radical (unpaired) electrons. The molecule has 1 aromatic rings. The molecule has 154 valence electrons. The highest BCUT2D eigenvalue weighted by atomic mass is 79.9.